The molecule has 19 heavy (non-hydrogen) atoms. The molecule has 1 saturated heterocycles. The van der Waals surface area contributed by atoms with Crippen LogP contribution in [0.15, 0.2) is 24.3 Å². The van der Waals surface area contributed by atoms with Crippen LogP contribution in [-0.2, 0) is 11.2 Å². The highest BCUT2D eigenvalue weighted by molar-refractivity contribution is 5.75. The third kappa shape index (κ3) is 2.89. The second-order valence-electron chi connectivity index (χ2n) is 5.32. The van der Waals surface area contributed by atoms with E-state index in [9.17, 15) is 4.79 Å². The van der Waals surface area contributed by atoms with Gasteiger partial charge in [0.15, 0.2) is 0 Å². The molecule has 0 bridgehead atoms. The molecule has 0 saturated carbocycles. The second kappa shape index (κ2) is 5.61. The Morgan fingerprint density at radius 2 is 2.11 bits per heavy atom. The van der Waals surface area contributed by atoms with E-state index in [1.807, 2.05) is 6.07 Å². The minimum absolute atomic E-state index is 0.0720. The Kier molecular flexibility index (Phi) is 3.69. The molecule has 1 heterocycles. The minimum Gasteiger partial charge on any atom is -0.379 e. The molecule has 0 spiro atoms. The van der Waals surface area contributed by atoms with Crippen molar-refractivity contribution < 1.29 is 9.53 Å². The van der Waals surface area contributed by atoms with Crippen LogP contribution in [0.5, 0.6) is 0 Å². The Morgan fingerprint density at radius 3 is 2.95 bits per heavy atom. The fourth-order valence-electron chi connectivity index (χ4n) is 2.94. The summed E-state index contributed by atoms with van der Waals surface area (Å²) >= 11 is 0. The van der Waals surface area contributed by atoms with Crippen molar-refractivity contribution >= 4 is 6.03 Å². The van der Waals surface area contributed by atoms with E-state index in [-0.39, 0.29) is 18.1 Å². The van der Waals surface area contributed by atoms with E-state index >= 15 is 0 Å². The molecule has 4 heteroatoms. The molecular weight excluding hydrogens is 240 g/mol. The molecule has 2 amide bonds. The normalized spacial score (nSPS) is 25.7. The maximum absolute atomic E-state index is 12.0. The largest absolute Gasteiger partial charge is 0.379 e. The molecule has 3 rings (SSSR count). The smallest absolute Gasteiger partial charge is 0.315 e. The van der Waals surface area contributed by atoms with E-state index in [4.69, 9.17) is 4.74 Å². The number of hydrogen-bond acceptors (Lipinski definition) is 2. The zero-order valence-electron chi connectivity index (χ0n) is 11.0. The molecule has 2 aliphatic rings. The molecule has 2 N–H and O–H groups in total. The second-order valence-corrected chi connectivity index (χ2v) is 5.32. The fraction of sp³-hybridized carbons (Fsp3) is 0.533. The molecule has 2 unspecified atom stereocenters. The fourth-order valence-corrected chi connectivity index (χ4v) is 2.94. The summed E-state index contributed by atoms with van der Waals surface area (Å²) in [6, 6.07) is 8.63. The summed E-state index contributed by atoms with van der Waals surface area (Å²) in [6.07, 6.45) is 4.18. The number of hydrogen-bond donors (Lipinski definition) is 2. The summed E-state index contributed by atoms with van der Waals surface area (Å²) in [5.41, 5.74) is 2.63. The number of carbonyl (C=O) groups is 1. The molecule has 102 valence electrons. The summed E-state index contributed by atoms with van der Waals surface area (Å²) in [4.78, 5) is 12.0. The number of carbonyl (C=O) groups excluding carboxylic acids is 1. The van der Waals surface area contributed by atoms with Gasteiger partial charge < -0.3 is 15.4 Å². The van der Waals surface area contributed by atoms with Gasteiger partial charge in [-0.05, 0) is 36.8 Å². The van der Waals surface area contributed by atoms with Gasteiger partial charge in [-0.15, -0.1) is 0 Å². The van der Waals surface area contributed by atoms with Crippen LogP contribution in [0.4, 0.5) is 4.79 Å². The number of amides is 2. The van der Waals surface area contributed by atoms with Gasteiger partial charge in [-0.1, -0.05) is 24.3 Å². The zero-order chi connectivity index (χ0) is 13.1. The topological polar surface area (TPSA) is 50.4 Å². The summed E-state index contributed by atoms with van der Waals surface area (Å²) in [5.74, 6) is 0. The van der Waals surface area contributed by atoms with Crippen molar-refractivity contribution in [3.05, 3.63) is 35.4 Å². The van der Waals surface area contributed by atoms with Crippen LogP contribution < -0.4 is 10.6 Å². The predicted molar refractivity (Wildman–Crippen MR) is 73.0 cm³/mol. The van der Waals surface area contributed by atoms with Crippen LogP contribution in [0.25, 0.3) is 0 Å². The first-order valence-corrected chi connectivity index (χ1v) is 7.05. The van der Waals surface area contributed by atoms with Gasteiger partial charge in [0, 0.05) is 6.61 Å². The molecule has 0 aromatic heterocycles. The van der Waals surface area contributed by atoms with Crippen molar-refractivity contribution in [2.24, 2.45) is 0 Å². The Balaban J connectivity index is 1.62. The lowest BCUT2D eigenvalue weighted by molar-refractivity contribution is 0.188. The molecule has 1 aromatic carbocycles. The van der Waals surface area contributed by atoms with Crippen molar-refractivity contribution in [2.45, 2.75) is 37.8 Å². The maximum Gasteiger partial charge on any atom is 0.315 e. The lowest BCUT2D eigenvalue weighted by Crippen LogP contribution is -2.44. The van der Waals surface area contributed by atoms with E-state index in [0.29, 0.717) is 6.61 Å². The maximum atomic E-state index is 12.0. The Morgan fingerprint density at radius 1 is 1.21 bits per heavy atom. The van der Waals surface area contributed by atoms with Crippen LogP contribution >= 0.6 is 0 Å². The number of nitrogens with one attached hydrogen (secondary N) is 2. The van der Waals surface area contributed by atoms with E-state index < -0.39 is 0 Å². The Bertz CT molecular complexity index is 455. The quantitative estimate of drug-likeness (QED) is 0.856. The summed E-state index contributed by atoms with van der Waals surface area (Å²) in [6.45, 7) is 1.38. The first-order valence-electron chi connectivity index (χ1n) is 7.05. The summed E-state index contributed by atoms with van der Waals surface area (Å²) in [5, 5.41) is 6.08. The third-order valence-corrected chi connectivity index (χ3v) is 3.94. The summed E-state index contributed by atoms with van der Waals surface area (Å²) in [7, 11) is 0. The lowest BCUT2D eigenvalue weighted by Gasteiger charge is -2.27. The van der Waals surface area contributed by atoms with Crippen molar-refractivity contribution in [1.82, 2.24) is 10.6 Å². The lowest BCUT2D eigenvalue weighted by atomic mass is 9.88. The van der Waals surface area contributed by atoms with Crippen LogP contribution in [-0.4, -0.2) is 25.3 Å². The van der Waals surface area contributed by atoms with Gasteiger partial charge in [0.25, 0.3) is 0 Å². The molecule has 1 aliphatic carbocycles. The van der Waals surface area contributed by atoms with Crippen molar-refractivity contribution in [3.63, 3.8) is 0 Å². The molecule has 1 aromatic rings. The van der Waals surface area contributed by atoms with Gasteiger partial charge in [0.05, 0.1) is 18.7 Å². The van der Waals surface area contributed by atoms with Gasteiger partial charge >= 0.3 is 6.03 Å². The highest BCUT2D eigenvalue weighted by Gasteiger charge is 2.23. The van der Waals surface area contributed by atoms with Gasteiger partial charge in [-0.25, -0.2) is 4.79 Å². The third-order valence-electron chi connectivity index (χ3n) is 3.94. The summed E-state index contributed by atoms with van der Waals surface area (Å²) < 4.78 is 5.26. The van der Waals surface area contributed by atoms with Crippen LogP contribution in [0.2, 0.25) is 0 Å². The number of fused-ring (bicyclic) bond motifs is 1. The molecule has 0 radical (unpaired) electrons. The van der Waals surface area contributed by atoms with E-state index in [2.05, 4.69) is 28.8 Å². The first kappa shape index (κ1) is 12.5. The number of urea groups is 1. The van der Waals surface area contributed by atoms with Crippen molar-refractivity contribution in [3.8, 4) is 0 Å². The van der Waals surface area contributed by atoms with Crippen LogP contribution in [0.1, 0.15) is 36.4 Å². The Labute approximate surface area is 113 Å². The molecule has 1 aliphatic heterocycles. The molecule has 4 nitrogen and oxygen atoms in total. The van der Waals surface area contributed by atoms with Crippen molar-refractivity contribution in [2.75, 3.05) is 13.2 Å². The molecule has 1 fully saturated rings. The van der Waals surface area contributed by atoms with Crippen molar-refractivity contribution in [1.29, 1.82) is 0 Å². The SMILES string of the molecule is O=C(NC1CCOC1)NC1CCCc2ccccc21. The molecule has 2 atom stereocenters. The van der Waals surface area contributed by atoms with E-state index in [1.165, 1.54) is 11.1 Å². The monoisotopic (exact) mass is 260 g/mol. The number of rotatable bonds is 2. The first-order chi connectivity index (χ1) is 9.33. The van der Waals surface area contributed by atoms with E-state index in [0.717, 1.165) is 32.3 Å². The van der Waals surface area contributed by atoms with E-state index in [1.54, 1.807) is 0 Å². The highest BCUT2D eigenvalue weighted by atomic mass is 16.5. The highest BCUT2D eigenvalue weighted by Crippen LogP contribution is 2.29. The van der Waals surface area contributed by atoms with Crippen LogP contribution in [0.3, 0.4) is 0 Å². The average molecular weight is 260 g/mol. The van der Waals surface area contributed by atoms with Crippen LogP contribution in [0, 0.1) is 0 Å². The minimum atomic E-state index is -0.0720. The standard InChI is InChI=1S/C15H20N2O2/c18-15(16-12-8-9-19-10-12)17-14-7-3-5-11-4-1-2-6-13(11)14/h1-2,4,6,12,14H,3,5,7-10H2,(H2,16,17,18). The predicted octanol–water partition coefficient (Wildman–Crippen LogP) is 2.15. The zero-order valence-corrected chi connectivity index (χ0v) is 11.0. The van der Waals surface area contributed by atoms with Gasteiger partial charge in [0.1, 0.15) is 0 Å². The molecular formula is C15H20N2O2. The van der Waals surface area contributed by atoms with Gasteiger partial charge in [0.2, 0.25) is 0 Å². The van der Waals surface area contributed by atoms with Gasteiger partial charge in [-0.2, -0.15) is 0 Å². The number of benzene rings is 1. The van der Waals surface area contributed by atoms with Gasteiger partial charge in [-0.3, -0.25) is 0 Å². The Hall–Kier alpha value is -1.55. The average Bonchev–Trinajstić information content (AvgIpc) is 2.92. The number of aryl methyl sites for hydroxylation is 1. The number of ether oxygens (including phenoxy) is 1.